The Morgan fingerprint density at radius 1 is 1.19 bits per heavy atom. The predicted octanol–water partition coefficient (Wildman–Crippen LogP) is 3.33. The summed E-state index contributed by atoms with van der Waals surface area (Å²) < 4.78 is 0.931. The Balaban J connectivity index is 2.31. The van der Waals surface area contributed by atoms with Crippen LogP contribution in [0.5, 0.6) is 0 Å². The average Bonchev–Trinajstić information content (AvgIpc) is 2.49. The highest BCUT2D eigenvalue weighted by atomic mass is 79.9. The zero-order chi connectivity index (χ0) is 15.3. The van der Waals surface area contributed by atoms with Gasteiger partial charge in [-0.05, 0) is 29.7 Å². The van der Waals surface area contributed by atoms with Gasteiger partial charge in [0.15, 0.2) is 0 Å². The van der Waals surface area contributed by atoms with Crippen molar-refractivity contribution < 1.29 is 4.79 Å². The van der Waals surface area contributed by atoms with Gasteiger partial charge in [-0.1, -0.05) is 65.3 Å². The highest BCUT2D eigenvalue weighted by Crippen LogP contribution is 2.27. The van der Waals surface area contributed by atoms with E-state index >= 15 is 0 Å². The molecule has 0 heterocycles. The third kappa shape index (κ3) is 3.52. The lowest BCUT2D eigenvalue weighted by atomic mass is 9.86. The van der Waals surface area contributed by atoms with Crippen LogP contribution in [0, 0.1) is 0 Å². The lowest BCUT2D eigenvalue weighted by Crippen LogP contribution is -2.52. The molecule has 0 radical (unpaired) electrons. The van der Waals surface area contributed by atoms with Gasteiger partial charge >= 0.3 is 0 Å². The maximum atomic E-state index is 12.1. The molecule has 0 saturated carbocycles. The molecule has 4 heteroatoms. The molecule has 0 aliphatic carbocycles. The Hall–Kier alpha value is -1.65. The first-order valence-electron chi connectivity index (χ1n) is 6.93. The second-order valence-electron chi connectivity index (χ2n) is 4.97. The minimum absolute atomic E-state index is 0.362. The molecule has 3 nitrogen and oxygen atoms in total. The highest BCUT2D eigenvalue weighted by molar-refractivity contribution is 9.10. The SMILES string of the molecule is CCC(NCc1ccccc1)(C(N)=O)c1cccc(Br)c1. The lowest BCUT2D eigenvalue weighted by molar-refractivity contribution is -0.125. The molecule has 0 fully saturated rings. The molecule has 1 amide bonds. The topological polar surface area (TPSA) is 55.1 Å². The third-order valence-electron chi connectivity index (χ3n) is 3.71. The average molecular weight is 347 g/mol. The lowest BCUT2D eigenvalue weighted by Gasteiger charge is -2.31. The largest absolute Gasteiger partial charge is 0.368 e. The number of rotatable bonds is 6. The van der Waals surface area contributed by atoms with Crippen molar-refractivity contribution in [3.63, 3.8) is 0 Å². The molecule has 0 saturated heterocycles. The molecule has 2 aromatic carbocycles. The molecule has 2 aromatic rings. The van der Waals surface area contributed by atoms with Crippen LogP contribution in [0.15, 0.2) is 59.1 Å². The van der Waals surface area contributed by atoms with Crippen LogP contribution >= 0.6 is 15.9 Å². The zero-order valence-electron chi connectivity index (χ0n) is 12.0. The van der Waals surface area contributed by atoms with Gasteiger partial charge in [0.1, 0.15) is 5.54 Å². The Bertz CT molecular complexity index is 615. The van der Waals surface area contributed by atoms with E-state index < -0.39 is 5.54 Å². The number of amides is 1. The van der Waals surface area contributed by atoms with Crippen LogP contribution in [0.1, 0.15) is 24.5 Å². The summed E-state index contributed by atoms with van der Waals surface area (Å²) in [5.74, 6) is -0.362. The standard InChI is InChI=1S/C17H19BrN2O/c1-2-17(16(19)21,14-9-6-10-15(18)11-14)20-12-13-7-4-3-5-8-13/h3-11,20H,2,12H2,1H3,(H2,19,21). The Labute approximate surface area is 133 Å². The van der Waals surface area contributed by atoms with Crippen molar-refractivity contribution in [2.24, 2.45) is 5.73 Å². The summed E-state index contributed by atoms with van der Waals surface area (Å²) in [7, 11) is 0. The van der Waals surface area contributed by atoms with E-state index in [1.807, 2.05) is 61.5 Å². The number of hydrogen-bond donors (Lipinski definition) is 2. The van der Waals surface area contributed by atoms with Gasteiger partial charge in [0.25, 0.3) is 0 Å². The fraction of sp³-hybridized carbons (Fsp3) is 0.235. The molecule has 1 unspecified atom stereocenters. The van der Waals surface area contributed by atoms with E-state index in [1.54, 1.807) is 0 Å². The van der Waals surface area contributed by atoms with Gasteiger partial charge in [0.2, 0.25) is 5.91 Å². The van der Waals surface area contributed by atoms with Gasteiger partial charge in [-0.15, -0.1) is 0 Å². The van der Waals surface area contributed by atoms with Gasteiger partial charge in [-0.2, -0.15) is 0 Å². The summed E-state index contributed by atoms with van der Waals surface area (Å²) in [5, 5.41) is 3.35. The van der Waals surface area contributed by atoms with Crippen LogP contribution in [-0.2, 0) is 16.9 Å². The van der Waals surface area contributed by atoms with E-state index in [0.717, 1.165) is 15.6 Å². The summed E-state index contributed by atoms with van der Waals surface area (Å²) in [5.41, 5.74) is 6.85. The molecule has 0 aliphatic heterocycles. The van der Waals surface area contributed by atoms with Crippen LogP contribution in [0.25, 0.3) is 0 Å². The van der Waals surface area contributed by atoms with E-state index in [1.165, 1.54) is 0 Å². The normalized spacial score (nSPS) is 13.6. The van der Waals surface area contributed by atoms with Crippen molar-refractivity contribution in [1.29, 1.82) is 0 Å². The fourth-order valence-electron chi connectivity index (χ4n) is 2.44. The number of nitrogens with two attached hydrogens (primary N) is 1. The molecule has 0 bridgehead atoms. The van der Waals surface area contributed by atoms with Crippen molar-refractivity contribution in [2.75, 3.05) is 0 Å². The molecular weight excluding hydrogens is 328 g/mol. The summed E-state index contributed by atoms with van der Waals surface area (Å²) in [4.78, 5) is 12.1. The van der Waals surface area contributed by atoms with E-state index in [-0.39, 0.29) is 5.91 Å². The molecule has 21 heavy (non-hydrogen) atoms. The van der Waals surface area contributed by atoms with Crippen LogP contribution in [0.3, 0.4) is 0 Å². The smallest absolute Gasteiger partial charge is 0.242 e. The molecule has 2 rings (SSSR count). The Kier molecular flexibility index (Phi) is 5.15. The van der Waals surface area contributed by atoms with Gasteiger partial charge in [-0.25, -0.2) is 0 Å². The number of benzene rings is 2. The van der Waals surface area contributed by atoms with Crippen LogP contribution < -0.4 is 11.1 Å². The van der Waals surface area contributed by atoms with E-state index in [0.29, 0.717) is 13.0 Å². The van der Waals surface area contributed by atoms with Crippen LogP contribution in [-0.4, -0.2) is 5.91 Å². The highest BCUT2D eigenvalue weighted by Gasteiger charge is 2.36. The van der Waals surface area contributed by atoms with Gasteiger partial charge in [0.05, 0.1) is 0 Å². The van der Waals surface area contributed by atoms with Gasteiger partial charge < -0.3 is 5.73 Å². The molecular formula is C17H19BrN2O. The van der Waals surface area contributed by atoms with E-state index in [4.69, 9.17) is 5.73 Å². The minimum atomic E-state index is -0.861. The monoisotopic (exact) mass is 346 g/mol. The van der Waals surface area contributed by atoms with E-state index in [2.05, 4.69) is 21.2 Å². The van der Waals surface area contributed by atoms with Crippen molar-refractivity contribution >= 4 is 21.8 Å². The second-order valence-corrected chi connectivity index (χ2v) is 5.89. The van der Waals surface area contributed by atoms with Crippen molar-refractivity contribution in [3.05, 3.63) is 70.2 Å². The first-order valence-corrected chi connectivity index (χ1v) is 7.72. The summed E-state index contributed by atoms with van der Waals surface area (Å²) in [6, 6.07) is 17.7. The van der Waals surface area contributed by atoms with Crippen LogP contribution in [0.4, 0.5) is 0 Å². The number of hydrogen-bond acceptors (Lipinski definition) is 2. The maximum absolute atomic E-state index is 12.1. The number of halogens is 1. The van der Waals surface area contributed by atoms with Crippen LogP contribution in [0.2, 0.25) is 0 Å². The summed E-state index contributed by atoms with van der Waals surface area (Å²) in [6.07, 6.45) is 0.589. The zero-order valence-corrected chi connectivity index (χ0v) is 13.6. The van der Waals surface area contributed by atoms with E-state index in [9.17, 15) is 4.79 Å². The predicted molar refractivity (Wildman–Crippen MR) is 88.6 cm³/mol. The first kappa shape index (κ1) is 15.7. The number of carbonyl (C=O) groups is 1. The summed E-state index contributed by atoms with van der Waals surface area (Å²) >= 11 is 3.45. The Morgan fingerprint density at radius 2 is 1.90 bits per heavy atom. The fourth-order valence-corrected chi connectivity index (χ4v) is 2.84. The molecule has 0 aromatic heterocycles. The first-order chi connectivity index (χ1) is 10.1. The van der Waals surface area contributed by atoms with Crippen molar-refractivity contribution in [3.8, 4) is 0 Å². The third-order valence-corrected chi connectivity index (χ3v) is 4.20. The number of carbonyl (C=O) groups excluding carboxylic acids is 1. The molecule has 110 valence electrons. The molecule has 0 aliphatic rings. The number of nitrogens with one attached hydrogen (secondary N) is 1. The minimum Gasteiger partial charge on any atom is -0.368 e. The Morgan fingerprint density at radius 3 is 2.48 bits per heavy atom. The molecule has 1 atom stereocenters. The second kappa shape index (κ2) is 6.87. The molecule has 0 spiro atoms. The summed E-state index contributed by atoms with van der Waals surface area (Å²) in [6.45, 7) is 2.55. The van der Waals surface area contributed by atoms with Gasteiger partial charge in [-0.3, -0.25) is 10.1 Å². The van der Waals surface area contributed by atoms with Gasteiger partial charge in [0, 0.05) is 11.0 Å². The maximum Gasteiger partial charge on any atom is 0.242 e. The quantitative estimate of drug-likeness (QED) is 0.842. The number of primary amides is 1. The van der Waals surface area contributed by atoms with Crippen molar-refractivity contribution in [2.45, 2.75) is 25.4 Å². The molecule has 3 N–H and O–H groups in total. The van der Waals surface area contributed by atoms with Crippen molar-refractivity contribution in [1.82, 2.24) is 5.32 Å².